The van der Waals surface area contributed by atoms with Crippen LogP contribution >= 0.6 is 45.2 Å². The molecule has 1 aromatic carbocycles. The molecular formula is C14H14I2. The number of hydrogen-bond acceptors (Lipinski definition) is 0. The van der Waals surface area contributed by atoms with Gasteiger partial charge in [0.15, 0.2) is 0 Å². The van der Waals surface area contributed by atoms with Gasteiger partial charge in [0.1, 0.15) is 0 Å². The van der Waals surface area contributed by atoms with Gasteiger partial charge in [-0.05, 0) is 83.9 Å². The molecular weight excluding hydrogens is 422 g/mol. The lowest BCUT2D eigenvalue weighted by Crippen LogP contribution is -2.16. The largest absolute Gasteiger partial charge is 0.0572 e. The molecule has 0 aromatic heterocycles. The highest BCUT2D eigenvalue weighted by Crippen LogP contribution is 2.44. The van der Waals surface area contributed by atoms with Gasteiger partial charge in [0.05, 0.1) is 0 Å². The van der Waals surface area contributed by atoms with Crippen molar-refractivity contribution in [2.45, 2.75) is 20.3 Å². The molecule has 0 atom stereocenters. The molecule has 1 aliphatic rings. The van der Waals surface area contributed by atoms with Gasteiger partial charge in [-0.1, -0.05) is 38.1 Å². The third kappa shape index (κ3) is 2.70. The first kappa shape index (κ1) is 12.6. The van der Waals surface area contributed by atoms with Gasteiger partial charge in [-0.3, -0.25) is 0 Å². The molecule has 0 unspecified atom stereocenters. The van der Waals surface area contributed by atoms with Gasteiger partial charge in [0, 0.05) is 3.57 Å². The Kier molecular flexibility index (Phi) is 3.79. The second-order valence-corrected chi connectivity index (χ2v) is 7.39. The molecule has 0 radical (unpaired) electrons. The summed E-state index contributed by atoms with van der Waals surface area (Å²) in [7, 11) is 0. The van der Waals surface area contributed by atoms with Crippen LogP contribution in [0, 0.1) is 8.99 Å². The molecule has 0 N–H and O–H groups in total. The van der Waals surface area contributed by atoms with Crippen molar-refractivity contribution < 1.29 is 0 Å². The summed E-state index contributed by atoms with van der Waals surface area (Å²) in [4.78, 5) is 0. The summed E-state index contributed by atoms with van der Waals surface area (Å²) < 4.78 is 2.73. The topological polar surface area (TPSA) is 0 Å². The first-order valence-corrected chi connectivity index (χ1v) is 7.47. The van der Waals surface area contributed by atoms with E-state index in [9.17, 15) is 0 Å². The monoisotopic (exact) mass is 436 g/mol. The standard InChI is InChI=1S/C14H14I2/c1-14(2)9-12(16)7-8-13(14)10-3-5-11(15)6-4-10/h3-8H,9H2,1-2H3. The minimum atomic E-state index is 0.248. The molecule has 1 aliphatic carbocycles. The van der Waals surface area contributed by atoms with Gasteiger partial charge in [-0.25, -0.2) is 0 Å². The minimum absolute atomic E-state index is 0.248. The Morgan fingerprint density at radius 3 is 2.19 bits per heavy atom. The second kappa shape index (κ2) is 4.80. The number of halogens is 2. The van der Waals surface area contributed by atoms with E-state index in [0.29, 0.717) is 0 Å². The number of rotatable bonds is 1. The van der Waals surface area contributed by atoms with Gasteiger partial charge in [0.25, 0.3) is 0 Å². The van der Waals surface area contributed by atoms with Crippen LogP contribution in [0.2, 0.25) is 0 Å². The summed E-state index contributed by atoms with van der Waals surface area (Å²) >= 11 is 4.78. The lowest BCUT2D eigenvalue weighted by Gasteiger charge is -2.31. The van der Waals surface area contributed by atoms with Gasteiger partial charge >= 0.3 is 0 Å². The summed E-state index contributed by atoms with van der Waals surface area (Å²) in [5, 5.41) is 0. The van der Waals surface area contributed by atoms with Crippen LogP contribution in [0.1, 0.15) is 25.8 Å². The molecule has 0 saturated heterocycles. The Morgan fingerprint density at radius 2 is 1.62 bits per heavy atom. The van der Waals surface area contributed by atoms with Crippen molar-refractivity contribution in [1.29, 1.82) is 0 Å². The predicted molar refractivity (Wildman–Crippen MR) is 87.6 cm³/mol. The molecule has 2 heteroatoms. The van der Waals surface area contributed by atoms with Crippen LogP contribution in [-0.4, -0.2) is 0 Å². The van der Waals surface area contributed by atoms with Gasteiger partial charge in [-0.15, -0.1) is 0 Å². The Labute approximate surface area is 124 Å². The van der Waals surface area contributed by atoms with Crippen LogP contribution in [0.4, 0.5) is 0 Å². The maximum absolute atomic E-state index is 2.43. The highest BCUT2D eigenvalue weighted by molar-refractivity contribution is 14.1. The number of benzene rings is 1. The van der Waals surface area contributed by atoms with E-state index in [0.717, 1.165) is 6.42 Å². The fraction of sp³-hybridized carbons (Fsp3) is 0.286. The summed E-state index contributed by atoms with van der Waals surface area (Å²) in [6.07, 6.45) is 5.65. The van der Waals surface area contributed by atoms with E-state index in [1.165, 1.54) is 18.3 Å². The molecule has 0 aliphatic heterocycles. The van der Waals surface area contributed by atoms with E-state index in [1.54, 1.807) is 0 Å². The van der Waals surface area contributed by atoms with E-state index >= 15 is 0 Å². The third-order valence-electron chi connectivity index (χ3n) is 2.93. The van der Waals surface area contributed by atoms with Crippen molar-refractivity contribution in [3.05, 3.63) is 49.1 Å². The third-order valence-corrected chi connectivity index (χ3v) is 4.39. The Bertz CT molecular complexity index is 450. The average molecular weight is 436 g/mol. The molecule has 0 fully saturated rings. The molecule has 0 saturated carbocycles. The lowest BCUT2D eigenvalue weighted by molar-refractivity contribution is 0.504. The highest BCUT2D eigenvalue weighted by atomic mass is 127. The van der Waals surface area contributed by atoms with Crippen molar-refractivity contribution in [1.82, 2.24) is 0 Å². The maximum atomic E-state index is 2.43. The van der Waals surface area contributed by atoms with Crippen molar-refractivity contribution in [3.8, 4) is 0 Å². The van der Waals surface area contributed by atoms with Crippen molar-refractivity contribution >= 4 is 50.8 Å². The first-order valence-electron chi connectivity index (χ1n) is 5.32. The van der Waals surface area contributed by atoms with Gasteiger partial charge in [0.2, 0.25) is 0 Å². The highest BCUT2D eigenvalue weighted by Gasteiger charge is 2.27. The Balaban J connectivity index is 2.43. The normalized spacial score (nSPS) is 19.0. The summed E-state index contributed by atoms with van der Waals surface area (Å²) in [5.41, 5.74) is 3.05. The van der Waals surface area contributed by atoms with Crippen LogP contribution in [0.3, 0.4) is 0 Å². The molecule has 0 nitrogen and oxygen atoms in total. The number of hydrogen-bond donors (Lipinski definition) is 0. The predicted octanol–water partition coefficient (Wildman–Crippen LogP) is 5.42. The van der Waals surface area contributed by atoms with E-state index in [1.807, 2.05) is 0 Å². The zero-order chi connectivity index (χ0) is 11.8. The van der Waals surface area contributed by atoms with Crippen molar-refractivity contribution in [2.75, 3.05) is 0 Å². The Hall–Kier alpha value is 0.160. The molecule has 1 aromatic rings. The second-order valence-electron chi connectivity index (χ2n) is 4.76. The number of allylic oxidation sites excluding steroid dienone is 4. The Morgan fingerprint density at radius 1 is 1.00 bits per heavy atom. The van der Waals surface area contributed by atoms with Crippen LogP contribution in [0.5, 0.6) is 0 Å². The first-order chi connectivity index (χ1) is 7.49. The zero-order valence-corrected chi connectivity index (χ0v) is 13.7. The molecule has 0 amide bonds. The average Bonchev–Trinajstić information content (AvgIpc) is 2.18. The molecule has 84 valence electrons. The van der Waals surface area contributed by atoms with E-state index in [4.69, 9.17) is 0 Å². The van der Waals surface area contributed by atoms with Crippen LogP contribution in [-0.2, 0) is 0 Å². The minimum Gasteiger partial charge on any atom is -0.0572 e. The summed E-state index contributed by atoms with van der Waals surface area (Å²) in [6, 6.07) is 8.80. The van der Waals surface area contributed by atoms with E-state index < -0.39 is 0 Å². The van der Waals surface area contributed by atoms with Crippen molar-refractivity contribution in [2.24, 2.45) is 5.41 Å². The van der Waals surface area contributed by atoms with Crippen LogP contribution in [0.15, 0.2) is 40.0 Å². The van der Waals surface area contributed by atoms with Crippen LogP contribution in [0.25, 0.3) is 5.57 Å². The molecule has 0 bridgehead atoms. The SMILES string of the molecule is CC1(C)CC(I)=CC=C1c1ccc(I)cc1. The molecule has 0 spiro atoms. The van der Waals surface area contributed by atoms with Crippen LogP contribution < -0.4 is 0 Å². The maximum Gasteiger partial charge on any atom is 0.0130 e. The van der Waals surface area contributed by atoms with E-state index in [-0.39, 0.29) is 5.41 Å². The lowest BCUT2D eigenvalue weighted by atomic mass is 9.75. The van der Waals surface area contributed by atoms with Crippen molar-refractivity contribution in [3.63, 3.8) is 0 Å². The van der Waals surface area contributed by atoms with Gasteiger partial charge < -0.3 is 0 Å². The zero-order valence-electron chi connectivity index (χ0n) is 9.43. The van der Waals surface area contributed by atoms with Gasteiger partial charge in [-0.2, -0.15) is 0 Å². The molecule has 0 heterocycles. The quantitative estimate of drug-likeness (QED) is 0.516. The smallest absolute Gasteiger partial charge is 0.0130 e. The van der Waals surface area contributed by atoms with E-state index in [2.05, 4.69) is 95.4 Å². The molecule has 16 heavy (non-hydrogen) atoms. The summed E-state index contributed by atoms with van der Waals surface area (Å²) in [6.45, 7) is 4.64. The fourth-order valence-corrected chi connectivity index (χ4v) is 3.58. The summed E-state index contributed by atoms with van der Waals surface area (Å²) in [5.74, 6) is 0. The fourth-order valence-electron chi connectivity index (χ4n) is 2.09. The molecule has 2 rings (SSSR count).